The second kappa shape index (κ2) is 6.34. The fraction of sp³-hybridized carbons (Fsp3) is 0.353. The Morgan fingerprint density at radius 2 is 2.00 bits per heavy atom. The molecule has 0 saturated carbocycles. The molecule has 6 heteroatoms. The quantitative estimate of drug-likeness (QED) is 0.886. The van der Waals surface area contributed by atoms with E-state index in [1.807, 2.05) is 42.3 Å². The van der Waals surface area contributed by atoms with Gasteiger partial charge in [-0.1, -0.05) is 18.2 Å². The van der Waals surface area contributed by atoms with Gasteiger partial charge in [-0.25, -0.2) is 0 Å². The third-order valence-corrected chi connectivity index (χ3v) is 4.25. The second-order valence-corrected chi connectivity index (χ2v) is 6.03. The van der Waals surface area contributed by atoms with E-state index in [1.165, 1.54) is 0 Å². The molecule has 0 unspecified atom stereocenters. The van der Waals surface area contributed by atoms with Gasteiger partial charge >= 0.3 is 0 Å². The normalized spacial score (nSPS) is 19.5. The Hall–Kier alpha value is -2.47. The lowest BCUT2D eigenvalue weighted by atomic mass is 10.1. The third-order valence-electron chi connectivity index (χ3n) is 4.25. The van der Waals surface area contributed by atoms with Crippen LogP contribution in [0.1, 0.15) is 10.4 Å². The molecule has 0 spiro atoms. The summed E-state index contributed by atoms with van der Waals surface area (Å²) in [5.41, 5.74) is 6.85. The molecular formula is C17H20N4O2. The third kappa shape index (κ3) is 3.32. The molecule has 1 fully saturated rings. The number of benzene rings is 1. The fourth-order valence-electron chi connectivity index (χ4n) is 2.91. The number of rotatable bonds is 2. The summed E-state index contributed by atoms with van der Waals surface area (Å²) in [4.78, 5) is 32.4. The molecule has 1 aromatic carbocycles. The zero-order valence-electron chi connectivity index (χ0n) is 13.1. The van der Waals surface area contributed by atoms with Crippen molar-refractivity contribution in [2.75, 3.05) is 33.2 Å². The van der Waals surface area contributed by atoms with Crippen molar-refractivity contribution >= 4 is 22.7 Å². The average Bonchev–Trinajstić information content (AvgIpc) is 2.76. The maximum Gasteiger partial charge on any atom is 0.255 e. The van der Waals surface area contributed by atoms with Crippen molar-refractivity contribution in [2.45, 2.75) is 0 Å². The van der Waals surface area contributed by atoms with Gasteiger partial charge in [0.2, 0.25) is 5.91 Å². The number of carbonyl (C=O) groups is 2. The summed E-state index contributed by atoms with van der Waals surface area (Å²) in [5.74, 6) is -0.821. The Kier molecular flexibility index (Phi) is 4.25. The van der Waals surface area contributed by atoms with Crippen LogP contribution in [0, 0.1) is 5.92 Å². The number of nitrogens with zero attached hydrogens (tertiary/aromatic N) is 3. The van der Waals surface area contributed by atoms with E-state index in [0.717, 1.165) is 17.4 Å². The highest BCUT2D eigenvalue weighted by Crippen LogP contribution is 2.16. The maximum atomic E-state index is 12.8. The summed E-state index contributed by atoms with van der Waals surface area (Å²) in [5, 5.41) is 0.928. The van der Waals surface area contributed by atoms with Gasteiger partial charge in [0, 0.05) is 37.8 Å². The van der Waals surface area contributed by atoms with E-state index < -0.39 is 0 Å². The monoisotopic (exact) mass is 312 g/mol. The number of aromatic nitrogens is 1. The molecule has 0 bridgehead atoms. The van der Waals surface area contributed by atoms with Crippen LogP contribution in [0.2, 0.25) is 0 Å². The Bertz CT molecular complexity index is 746. The summed E-state index contributed by atoms with van der Waals surface area (Å²) in [6, 6.07) is 9.52. The van der Waals surface area contributed by atoms with Crippen molar-refractivity contribution in [1.29, 1.82) is 0 Å². The van der Waals surface area contributed by atoms with Gasteiger partial charge in [0.25, 0.3) is 5.91 Å². The van der Waals surface area contributed by atoms with Crippen LogP contribution >= 0.6 is 0 Å². The van der Waals surface area contributed by atoms with Crippen LogP contribution in [0.4, 0.5) is 0 Å². The first-order valence-electron chi connectivity index (χ1n) is 7.66. The predicted molar refractivity (Wildman–Crippen MR) is 87.8 cm³/mol. The van der Waals surface area contributed by atoms with Crippen LogP contribution in [0.5, 0.6) is 0 Å². The molecule has 0 aliphatic carbocycles. The van der Waals surface area contributed by atoms with E-state index in [0.29, 0.717) is 25.2 Å². The Balaban J connectivity index is 1.86. The van der Waals surface area contributed by atoms with Gasteiger partial charge < -0.3 is 15.5 Å². The highest BCUT2D eigenvalue weighted by atomic mass is 16.2. The summed E-state index contributed by atoms with van der Waals surface area (Å²) in [6.07, 6.45) is 1.60. The van der Waals surface area contributed by atoms with Gasteiger partial charge in [-0.2, -0.15) is 0 Å². The van der Waals surface area contributed by atoms with E-state index in [9.17, 15) is 9.59 Å². The molecule has 6 nitrogen and oxygen atoms in total. The fourth-order valence-corrected chi connectivity index (χ4v) is 2.91. The molecule has 2 heterocycles. The van der Waals surface area contributed by atoms with E-state index >= 15 is 0 Å². The Morgan fingerprint density at radius 3 is 2.78 bits per heavy atom. The van der Waals surface area contributed by atoms with E-state index in [2.05, 4.69) is 4.98 Å². The largest absolute Gasteiger partial charge is 0.369 e. The minimum Gasteiger partial charge on any atom is -0.369 e. The number of nitrogens with two attached hydrogens (primary N) is 1. The number of fused-ring (bicyclic) bond motifs is 1. The lowest BCUT2D eigenvalue weighted by Gasteiger charge is -2.22. The van der Waals surface area contributed by atoms with Crippen LogP contribution < -0.4 is 5.73 Å². The average molecular weight is 312 g/mol. The van der Waals surface area contributed by atoms with Crippen molar-refractivity contribution in [3.8, 4) is 0 Å². The van der Waals surface area contributed by atoms with Crippen LogP contribution in [-0.2, 0) is 4.79 Å². The van der Waals surface area contributed by atoms with Gasteiger partial charge in [-0.05, 0) is 19.2 Å². The van der Waals surface area contributed by atoms with Crippen LogP contribution in [-0.4, -0.2) is 59.8 Å². The number of carbonyl (C=O) groups excluding carboxylic acids is 2. The zero-order valence-corrected chi connectivity index (χ0v) is 13.1. The van der Waals surface area contributed by atoms with Gasteiger partial charge in [0.15, 0.2) is 0 Å². The molecule has 2 amide bonds. The van der Waals surface area contributed by atoms with Gasteiger partial charge in [-0.3, -0.25) is 14.6 Å². The van der Waals surface area contributed by atoms with E-state index in [4.69, 9.17) is 5.73 Å². The van der Waals surface area contributed by atoms with Crippen molar-refractivity contribution < 1.29 is 9.59 Å². The van der Waals surface area contributed by atoms with Crippen molar-refractivity contribution in [1.82, 2.24) is 14.8 Å². The first-order chi connectivity index (χ1) is 11.0. The molecule has 1 aliphatic rings. The summed E-state index contributed by atoms with van der Waals surface area (Å²) in [7, 11) is 1.93. The summed E-state index contributed by atoms with van der Waals surface area (Å²) in [6.45, 7) is 2.23. The van der Waals surface area contributed by atoms with E-state index in [-0.39, 0.29) is 17.7 Å². The topological polar surface area (TPSA) is 79.5 Å². The molecule has 1 aromatic heterocycles. The van der Waals surface area contributed by atoms with Gasteiger partial charge in [0.05, 0.1) is 17.0 Å². The lowest BCUT2D eigenvalue weighted by Crippen LogP contribution is -2.40. The number of amides is 2. The Labute approximate surface area is 134 Å². The molecule has 1 saturated heterocycles. The number of pyridine rings is 1. The summed E-state index contributed by atoms with van der Waals surface area (Å²) < 4.78 is 0. The van der Waals surface area contributed by atoms with E-state index in [1.54, 1.807) is 11.1 Å². The molecule has 2 N–H and O–H groups in total. The van der Waals surface area contributed by atoms with Crippen molar-refractivity contribution in [3.05, 3.63) is 42.1 Å². The van der Waals surface area contributed by atoms with Crippen LogP contribution in [0.25, 0.3) is 10.9 Å². The molecule has 23 heavy (non-hydrogen) atoms. The number of likely N-dealkylation sites (N-methyl/N-ethyl adjacent to an activating group) is 1. The highest BCUT2D eigenvalue weighted by Gasteiger charge is 2.28. The minimum absolute atomic E-state index is 0.107. The Morgan fingerprint density at radius 1 is 1.22 bits per heavy atom. The minimum atomic E-state index is -0.367. The number of hydrogen-bond acceptors (Lipinski definition) is 4. The SMILES string of the molecule is CN1CCN(C(=O)c2cnc3ccccc3c2)C[C@@H](C(N)=O)C1. The molecule has 120 valence electrons. The number of para-hydroxylation sites is 1. The van der Waals surface area contributed by atoms with Crippen molar-refractivity contribution in [3.63, 3.8) is 0 Å². The lowest BCUT2D eigenvalue weighted by molar-refractivity contribution is -0.122. The molecule has 0 radical (unpaired) electrons. The standard InChI is InChI=1S/C17H20N4O2/c1-20-6-7-21(11-14(10-20)16(18)22)17(23)13-8-12-4-2-3-5-15(12)19-9-13/h2-5,8-9,14H,6-7,10-11H2,1H3,(H2,18,22)/t14-/m0/s1. The second-order valence-electron chi connectivity index (χ2n) is 6.03. The molecule has 3 rings (SSSR count). The first kappa shape index (κ1) is 15.4. The molecule has 2 aromatic rings. The van der Waals surface area contributed by atoms with Gasteiger partial charge in [0.1, 0.15) is 0 Å². The molecule has 1 aliphatic heterocycles. The smallest absolute Gasteiger partial charge is 0.255 e. The highest BCUT2D eigenvalue weighted by molar-refractivity contribution is 5.97. The first-order valence-corrected chi connectivity index (χ1v) is 7.66. The molecular weight excluding hydrogens is 292 g/mol. The maximum absolute atomic E-state index is 12.8. The zero-order chi connectivity index (χ0) is 16.4. The number of primary amides is 1. The number of hydrogen-bond donors (Lipinski definition) is 1. The van der Waals surface area contributed by atoms with Crippen LogP contribution in [0.3, 0.4) is 0 Å². The molecule has 1 atom stereocenters. The summed E-state index contributed by atoms with van der Waals surface area (Å²) >= 11 is 0. The van der Waals surface area contributed by atoms with Gasteiger partial charge in [-0.15, -0.1) is 0 Å². The van der Waals surface area contributed by atoms with Crippen LogP contribution in [0.15, 0.2) is 36.5 Å². The predicted octanol–water partition coefficient (Wildman–Crippen LogP) is 0.724. The van der Waals surface area contributed by atoms with Crippen molar-refractivity contribution in [2.24, 2.45) is 11.7 Å².